The van der Waals surface area contributed by atoms with E-state index in [4.69, 9.17) is 0 Å². The summed E-state index contributed by atoms with van der Waals surface area (Å²) in [6.07, 6.45) is 0.741. The topological polar surface area (TPSA) is 90.4 Å². The largest absolute Gasteiger partial charge is 0.504 e. The lowest BCUT2D eigenvalue weighted by Crippen LogP contribution is -2.19. The van der Waals surface area contributed by atoms with Gasteiger partial charge in [-0.1, -0.05) is 32.0 Å². The number of rotatable bonds is 2. The average molecular weight is 297 g/mol. The number of hydrogen-bond donors (Lipinski definition) is 3. The predicted molar refractivity (Wildman–Crippen MR) is 82.7 cm³/mol. The first kappa shape index (κ1) is 14.1. The maximum absolute atomic E-state index is 12.3. The van der Waals surface area contributed by atoms with Gasteiger partial charge in [0.2, 0.25) is 11.6 Å². The zero-order valence-corrected chi connectivity index (χ0v) is 12.2. The van der Waals surface area contributed by atoms with Gasteiger partial charge in [-0.3, -0.25) is 9.59 Å². The Morgan fingerprint density at radius 1 is 1.09 bits per heavy atom. The van der Waals surface area contributed by atoms with Crippen molar-refractivity contribution >= 4 is 28.0 Å². The van der Waals surface area contributed by atoms with Gasteiger partial charge in [0.05, 0.1) is 5.57 Å². The normalized spacial score (nSPS) is 15.9. The molecule has 0 spiro atoms. The predicted octanol–water partition coefficient (Wildman–Crippen LogP) is 3.15. The molecule has 5 heteroatoms. The highest BCUT2D eigenvalue weighted by Crippen LogP contribution is 2.36. The van der Waals surface area contributed by atoms with E-state index in [-0.39, 0.29) is 11.5 Å². The van der Waals surface area contributed by atoms with Crippen LogP contribution in [0, 0.1) is 0 Å². The number of fused-ring (bicyclic) bond motifs is 1. The van der Waals surface area contributed by atoms with Crippen LogP contribution in [-0.4, -0.2) is 26.8 Å². The number of para-hydroxylation sites is 1. The van der Waals surface area contributed by atoms with Crippen LogP contribution >= 0.6 is 0 Å². The maximum atomic E-state index is 12.3. The van der Waals surface area contributed by atoms with Crippen molar-refractivity contribution in [2.24, 2.45) is 0 Å². The number of aliphatic hydroxyl groups excluding tert-OH is 2. The Hall–Kier alpha value is -2.82. The first-order valence-electron chi connectivity index (χ1n) is 6.95. The zero-order chi connectivity index (χ0) is 16.0. The minimum atomic E-state index is -0.771. The molecule has 0 bridgehead atoms. The van der Waals surface area contributed by atoms with E-state index >= 15 is 0 Å². The minimum absolute atomic E-state index is 0.0404. The number of Topliss-reactive ketones (excluding diaryl/α,β-unsaturated/α-hetero) is 1. The highest BCUT2D eigenvalue weighted by atomic mass is 16.3. The molecular weight excluding hydrogens is 282 g/mol. The van der Waals surface area contributed by atoms with E-state index < -0.39 is 23.1 Å². The van der Waals surface area contributed by atoms with Crippen molar-refractivity contribution in [3.05, 3.63) is 53.1 Å². The summed E-state index contributed by atoms with van der Waals surface area (Å²) < 4.78 is 0. The van der Waals surface area contributed by atoms with Crippen LogP contribution in [0.5, 0.6) is 0 Å². The molecule has 1 aromatic carbocycles. The summed E-state index contributed by atoms with van der Waals surface area (Å²) in [6.45, 7) is 3.88. The van der Waals surface area contributed by atoms with Crippen LogP contribution in [-0.2, 0) is 9.59 Å². The van der Waals surface area contributed by atoms with E-state index in [1.54, 1.807) is 6.07 Å². The maximum Gasteiger partial charge on any atom is 0.232 e. The molecule has 2 aromatic rings. The summed E-state index contributed by atoms with van der Waals surface area (Å²) in [7, 11) is 0. The molecule has 1 heterocycles. The second kappa shape index (κ2) is 4.87. The third-order valence-electron chi connectivity index (χ3n) is 3.76. The lowest BCUT2D eigenvalue weighted by molar-refractivity contribution is -0.117. The Labute approximate surface area is 126 Å². The van der Waals surface area contributed by atoms with Crippen LogP contribution in [0.3, 0.4) is 0 Å². The number of aromatic nitrogens is 1. The van der Waals surface area contributed by atoms with E-state index in [1.807, 2.05) is 32.0 Å². The number of ketones is 2. The van der Waals surface area contributed by atoms with Crippen LogP contribution in [0.15, 0.2) is 41.9 Å². The summed E-state index contributed by atoms with van der Waals surface area (Å²) in [5.41, 5.74) is 1.86. The van der Waals surface area contributed by atoms with E-state index in [1.165, 1.54) is 0 Å². The van der Waals surface area contributed by atoms with Crippen LogP contribution in [0.25, 0.3) is 16.5 Å². The molecule has 0 unspecified atom stereocenters. The van der Waals surface area contributed by atoms with Gasteiger partial charge in [0, 0.05) is 28.2 Å². The number of nitrogens with one attached hydrogen (secondary N) is 1. The molecule has 5 nitrogen and oxygen atoms in total. The standard InChI is InChI=1S/C17H15NO4/c1-8(2)15-13(9-5-3-4-6-10(9)18-15)14-16(21)11(19)7-12(20)17(14)22/h3-8,18-19,22H,1-2H3. The second-order valence-electron chi connectivity index (χ2n) is 5.56. The number of carbonyl (C=O) groups is 2. The van der Waals surface area contributed by atoms with Gasteiger partial charge in [0.1, 0.15) is 0 Å². The average Bonchev–Trinajstić information content (AvgIpc) is 2.86. The molecule has 3 rings (SSSR count). The molecule has 1 aromatic heterocycles. The molecule has 3 N–H and O–H groups in total. The van der Waals surface area contributed by atoms with Gasteiger partial charge in [0.25, 0.3) is 0 Å². The Bertz CT molecular complexity index is 868. The number of aromatic amines is 1. The van der Waals surface area contributed by atoms with Gasteiger partial charge in [-0.25, -0.2) is 0 Å². The minimum Gasteiger partial charge on any atom is -0.504 e. The monoisotopic (exact) mass is 297 g/mol. The Kier molecular flexibility index (Phi) is 3.13. The fourth-order valence-corrected chi connectivity index (χ4v) is 2.71. The van der Waals surface area contributed by atoms with Crippen LogP contribution in [0.2, 0.25) is 0 Å². The first-order valence-corrected chi connectivity index (χ1v) is 6.95. The third kappa shape index (κ3) is 1.94. The van der Waals surface area contributed by atoms with Crippen molar-refractivity contribution in [2.75, 3.05) is 0 Å². The Morgan fingerprint density at radius 3 is 2.45 bits per heavy atom. The highest BCUT2D eigenvalue weighted by molar-refractivity contribution is 6.38. The van der Waals surface area contributed by atoms with Crippen molar-refractivity contribution in [3.63, 3.8) is 0 Å². The molecule has 0 saturated heterocycles. The third-order valence-corrected chi connectivity index (χ3v) is 3.76. The number of carbonyl (C=O) groups excluding carboxylic acids is 2. The molecule has 22 heavy (non-hydrogen) atoms. The fourth-order valence-electron chi connectivity index (χ4n) is 2.71. The van der Waals surface area contributed by atoms with Crippen LogP contribution < -0.4 is 0 Å². The van der Waals surface area contributed by atoms with Crippen LogP contribution in [0.1, 0.15) is 31.0 Å². The molecular formula is C17H15NO4. The first-order chi connectivity index (χ1) is 10.4. The summed E-state index contributed by atoms with van der Waals surface area (Å²) in [5, 5.41) is 20.5. The van der Waals surface area contributed by atoms with Crippen molar-refractivity contribution in [1.82, 2.24) is 4.98 Å². The summed E-state index contributed by atoms with van der Waals surface area (Å²) in [5.74, 6) is -2.76. The molecule has 0 aliphatic heterocycles. The Morgan fingerprint density at radius 2 is 1.77 bits per heavy atom. The van der Waals surface area contributed by atoms with Gasteiger partial charge < -0.3 is 15.2 Å². The molecule has 112 valence electrons. The summed E-state index contributed by atoms with van der Waals surface area (Å²) in [4.78, 5) is 27.3. The van der Waals surface area contributed by atoms with Gasteiger partial charge in [-0.15, -0.1) is 0 Å². The fraction of sp³-hybridized carbons (Fsp3) is 0.176. The zero-order valence-electron chi connectivity index (χ0n) is 12.2. The van der Waals surface area contributed by atoms with Crippen LogP contribution in [0.4, 0.5) is 0 Å². The van der Waals surface area contributed by atoms with E-state index in [2.05, 4.69) is 4.98 Å². The molecule has 0 saturated carbocycles. The van der Waals surface area contributed by atoms with Gasteiger partial charge in [-0.2, -0.15) is 0 Å². The molecule has 1 aliphatic rings. The van der Waals surface area contributed by atoms with E-state index in [9.17, 15) is 19.8 Å². The summed E-state index contributed by atoms with van der Waals surface area (Å²) >= 11 is 0. The van der Waals surface area contributed by atoms with E-state index in [0.29, 0.717) is 5.56 Å². The number of aliphatic hydroxyl groups is 2. The molecule has 1 aliphatic carbocycles. The summed E-state index contributed by atoms with van der Waals surface area (Å²) in [6, 6.07) is 7.33. The lowest BCUT2D eigenvalue weighted by atomic mass is 9.89. The van der Waals surface area contributed by atoms with Gasteiger partial charge >= 0.3 is 0 Å². The van der Waals surface area contributed by atoms with Crippen molar-refractivity contribution in [3.8, 4) is 0 Å². The second-order valence-corrected chi connectivity index (χ2v) is 5.56. The number of allylic oxidation sites excluding steroid dienone is 2. The molecule has 0 atom stereocenters. The van der Waals surface area contributed by atoms with Crippen molar-refractivity contribution in [2.45, 2.75) is 19.8 Å². The smallest absolute Gasteiger partial charge is 0.232 e. The highest BCUT2D eigenvalue weighted by Gasteiger charge is 2.33. The quantitative estimate of drug-likeness (QED) is 0.743. The van der Waals surface area contributed by atoms with Crippen molar-refractivity contribution < 1.29 is 19.8 Å². The molecule has 0 radical (unpaired) electrons. The van der Waals surface area contributed by atoms with Gasteiger partial charge in [0.15, 0.2) is 11.5 Å². The lowest BCUT2D eigenvalue weighted by Gasteiger charge is -2.15. The number of H-pyrrole nitrogens is 1. The van der Waals surface area contributed by atoms with Crippen molar-refractivity contribution in [1.29, 1.82) is 0 Å². The van der Waals surface area contributed by atoms with E-state index in [0.717, 1.165) is 22.7 Å². The van der Waals surface area contributed by atoms with Gasteiger partial charge in [-0.05, 0) is 12.0 Å². The Balaban J connectivity index is 2.38. The number of benzene rings is 1. The molecule has 0 fully saturated rings. The molecule has 0 amide bonds. The SMILES string of the molecule is CC(C)c1[nH]c2ccccc2c1C1=C(O)C(=O)C=C(O)C1=O. The number of hydrogen-bond acceptors (Lipinski definition) is 4.